The Balaban J connectivity index is 1.95. The van der Waals surface area contributed by atoms with Crippen molar-refractivity contribution in [3.8, 4) is 0 Å². The molecule has 106 valence electrons. The van der Waals surface area contributed by atoms with Gasteiger partial charge in [-0.3, -0.25) is 14.3 Å². The molecule has 7 heteroatoms. The van der Waals surface area contributed by atoms with Crippen molar-refractivity contribution in [2.24, 2.45) is 7.05 Å². The largest absolute Gasteiger partial charge is 0.340 e. The fraction of sp³-hybridized carbons (Fsp3) is 0.308. The van der Waals surface area contributed by atoms with E-state index in [0.717, 1.165) is 5.69 Å². The average Bonchev–Trinajstić information content (AvgIpc) is 3.00. The highest BCUT2D eigenvalue weighted by atomic mass is 32.1. The number of aryl methyl sites for hydroxylation is 2. The summed E-state index contributed by atoms with van der Waals surface area (Å²) >= 11 is 1.34. The highest BCUT2D eigenvalue weighted by Gasteiger charge is 2.18. The molecule has 0 aromatic carbocycles. The number of nitrogens with zero attached hydrogens (tertiary/aromatic N) is 2. The lowest BCUT2D eigenvalue weighted by molar-refractivity contribution is -0.117. The van der Waals surface area contributed by atoms with Crippen LogP contribution in [0.15, 0.2) is 23.6 Å². The van der Waals surface area contributed by atoms with Crippen LogP contribution in [0.25, 0.3) is 0 Å². The summed E-state index contributed by atoms with van der Waals surface area (Å²) in [6.45, 7) is 3.49. The molecule has 2 heterocycles. The first-order valence-electron chi connectivity index (χ1n) is 6.13. The number of thiophene rings is 1. The maximum absolute atomic E-state index is 12.0. The molecule has 0 radical (unpaired) electrons. The van der Waals surface area contributed by atoms with Gasteiger partial charge in [-0.2, -0.15) is 5.10 Å². The van der Waals surface area contributed by atoms with Gasteiger partial charge in [0.1, 0.15) is 11.9 Å². The van der Waals surface area contributed by atoms with Crippen LogP contribution in [0, 0.1) is 6.92 Å². The molecule has 0 spiro atoms. The molecule has 2 N–H and O–H groups in total. The molecule has 2 aromatic heterocycles. The highest BCUT2D eigenvalue weighted by Crippen LogP contribution is 2.10. The summed E-state index contributed by atoms with van der Waals surface area (Å²) in [6.07, 6.45) is 0. The van der Waals surface area contributed by atoms with Crippen molar-refractivity contribution in [2.75, 3.05) is 5.32 Å². The number of anilines is 1. The van der Waals surface area contributed by atoms with Gasteiger partial charge in [0.25, 0.3) is 5.91 Å². The molecular formula is C13H16N4O2S. The molecule has 0 unspecified atom stereocenters. The molecule has 0 bridgehead atoms. The van der Waals surface area contributed by atoms with Crippen molar-refractivity contribution in [1.29, 1.82) is 0 Å². The lowest BCUT2D eigenvalue weighted by Gasteiger charge is -2.13. The summed E-state index contributed by atoms with van der Waals surface area (Å²) in [5, 5.41) is 11.3. The third-order valence-electron chi connectivity index (χ3n) is 2.74. The van der Waals surface area contributed by atoms with E-state index in [-0.39, 0.29) is 11.8 Å². The summed E-state index contributed by atoms with van der Waals surface area (Å²) in [4.78, 5) is 24.4. The molecule has 0 saturated heterocycles. The second kappa shape index (κ2) is 5.87. The molecule has 0 fully saturated rings. The number of nitrogens with one attached hydrogen (secondary N) is 2. The Bertz CT molecular complexity index is 618. The minimum atomic E-state index is -0.625. The van der Waals surface area contributed by atoms with Gasteiger partial charge in [0.2, 0.25) is 5.91 Å². The molecule has 0 saturated carbocycles. The van der Waals surface area contributed by atoms with Gasteiger partial charge in [-0.05, 0) is 25.3 Å². The van der Waals surface area contributed by atoms with E-state index >= 15 is 0 Å². The fourth-order valence-electron chi connectivity index (χ4n) is 1.70. The zero-order valence-corrected chi connectivity index (χ0v) is 12.3. The minimum Gasteiger partial charge on any atom is -0.340 e. The van der Waals surface area contributed by atoms with Crippen LogP contribution in [0.3, 0.4) is 0 Å². The van der Waals surface area contributed by atoms with Crippen molar-refractivity contribution in [2.45, 2.75) is 19.9 Å². The third-order valence-corrected chi connectivity index (χ3v) is 3.61. The van der Waals surface area contributed by atoms with Crippen molar-refractivity contribution >= 4 is 29.0 Å². The summed E-state index contributed by atoms with van der Waals surface area (Å²) in [5.74, 6) is 0.0754. The van der Waals surface area contributed by atoms with Crippen molar-refractivity contribution in [3.05, 3.63) is 34.2 Å². The molecule has 2 amide bonds. The van der Waals surface area contributed by atoms with E-state index in [0.29, 0.717) is 10.7 Å². The second-order valence-electron chi connectivity index (χ2n) is 4.46. The highest BCUT2D eigenvalue weighted by molar-refractivity contribution is 7.12. The van der Waals surface area contributed by atoms with Crippen LogP contribution in [0.4, 0.5) is 5.82 Å². The normalized spacial score (nSPS) is 11.9. The van der Waals surface area contributed by atoms with E-state index in [2.05, 4.69) is 15.7 Å². The third kappa shape index (κ3) is 3.24. The van der Waals surface area contributed by atoms with Crippen LogP contribution in [0.1, 0.15) is 22.3 Å². The van der Waals surface area contributed by atoms with E-state index < -0.39 is 6.04 Å². The van der Waals surface area contributed by atoms with E-state index in [1.54, 1.807) is 36.9 Å². The van der Waals surface area contributed by atoms with Gasteiger partial charge in [0.05, 0.1) is 10.6 Å². The summed E-state index contributed by atoms with van der Waals surface area (Å²) in [5.41, 5.74) is 0.818. The molecule has 2 aromatic rings. The molecule has 0 aliphatic rings. The van der Waals surface area contributed by atoms with Crippen LogP contribution in [0.2, 0.25) is 0 Å². The van der Waals surface area contributed by atoms with E-state index in [4.69, 9.17) is 0 Å². The number of amides is 2. The van der Waals surface area contributed by atoms with Crippen LogP contribution in [-0.2, 0) is 11.8 Å². The number of hydrogen-bond donors (Lipinski definition) is 2. The van der Waals surface area contributed by atoms with Crippen LogP contribution >= 0.6 is 11.3 Å². The number of rotatable bonds is 4. The first-order chi connectivity index (χ1) is 9.47. The van der Waals surface area contributed by atoms with E-state index in [1.807, 2.05) is 12.3 Å². The second-order valence-corrected chi connectivity index (χ2v) is 5.40. The van der Waals surface area contributed by atoms with Crippen LogP contribution < -0.4 is 10.6 Å². The first-order valence-corrected chi connectivity index (χ1v) is 7.01. The zero-order valence-electron chi connectivity index (χ0n) is 11.5. The Hall–Kier alpha value is -2.15. The molecular weight excluding hydrogens is 276 g/mol. The smallest absolute Gasteiger partial charge is 0.261 e. The lowest BCUT2D eigenvalue weighted by atomic mass is 10.3. The van der Waals surface area contributed by atoms with Gasteiger partial charge in [0.15, 0.2) is 0 Å². The Morgan fingerprint density at radius 1 is 1.45 bits per heavy atom. The monoisotopic (exact) mass is 292 g/mol. The van der Waals surface area contributed by atoms with Gasteiger partial charge >= 0.3 is 0 Å². The molecule has 2 rings (SSSR count). The molecule has 20 heavy (non-hydrogen) atoms. The first kappa shape index (κ1) is 14.3. The van der Waals surface area contributed by atoms with E-state index in [9.17, 15) is 9.59 Å². The SMILES string of the molecule is Cc1cc(NC(=O)[C@H](C)NC(=O)c2cccs2)n(C)n1. The molecule has 0 aliphatic carbocycles. The van der Waals surface area contributed by atoms with Gasteiger partial charge in [-0.25, -0.2) is 0 Å². The maximum atomic E-state index is 12.0. The van der Waals surface area contributed by atoms with Gasteiger partial charge < -0.3 is 10.6 Å². The van der Waals surface area contributed by atoms with Gasteiger partial charge in [-0.1, -0.05) is 6.07 Å². The van der Waals surface area contributed by atoms with Crippen molar-refractivity contribution < 1.29 is 9.59 Å². The van der Waals surface area contributed by atoms with Crippen molar-refractivity contribution in [1.82, 2.24) is 15.1 Å². The molecule has 0 aliphatic heterocycles. The quantitative estimate of drug-likeness (QED) is 0.897. The Labute approximate surface area is 120 Å². The summed E-state index contributed by atoms with van der Waals surface area (Å²) in [6, 6.07) is 4.66. The van der Waals surface area contributed by atoms with Crippen LogP contribution in [0.5, 0.6) is 0 Å². The Kier molecular flexibility index (Phi) is 4.19. The summed E-state index contributed by atoms with van der Waals surface area (Å²) in [7, 11) is 1.75. The van der Waals surface area contributed by atoms with Gasteiger partial charge in [-0.15, -0.1) is 11.3 Å². The summed E-state index contributed by atoms with van der Waals surface area (Å²) < 4.78 is 1.58. The average molecular weight is 292 g/mol. The van der Waals surface area contributed by atoms with Crippen LogP contribution in [-0.4, -0.2) is 27.6 Å². The zero-order chi connectivity index (χ0) is 14.7. The number of hydrogen-bond acceptors (Lipinski definition) is 4. The lowest BCUT2D eigenvalue weighted by Crippen LogP contribution is -2.41. The van der Waals surface area contributed by atoms with Crippen molar-refractivity contribution in [3.63, 3.8) is 0 Å². The standard InChI is InChI=1S/C13H16N4O2S/c1-8-7-11(17(3)16-8)15-12(18)9(2)14-13(19)10-5-4-6-20-10/h4-7,9H,1-3H3,(H,14,19)(H,15,18)/t9-/m0/s1. The Morgan fingerprint density at radius 2 is 2.20 bits per heavy atom. The number of aromatic nitrogens is 2. The minimum absolute atomic E-state index is 0.246. The molecule has 6 nitrogen and oxygen atoms in total. The Morgan fingerprint density at radius 3 is 2.75 bits per heavy atom. The predicted octanol–water partition coefficient (Wildman–Crippen LogP) is 1.55. The predicted molar refractivity (Wildman–Crippen MR) is 77.8 cm³/mol. The van der Waals surface area contributed by atoms with Gasteiger partial charge in [0, 0.05) is 13.1 Å². The number of carbonyl (C=O) groups excluding carboxylic acids is 2. The maximum Gasteiger partial charge on any atom is 0.261 e. The topological polar surface area (TPSA) is 76.0 Å². The van der Waals surface area contributed by atoms with E-state index in [1.165, 1.54) is 11.3 Å². The fourth-order valence-corrected chi connectivity index (χ4v) is 2.33. The number of carbonyl (C=O) groups is 2. The molecule has 1 atom stereocenters.